The van der Waals surface area contributed by atoms with Crippen LogP contribution in [0.1, 0.15) is 43.2 Å². The number of nitrogens with one attached hydrogen (secondary N) is 1. The summed E-state index contributed by atoms with van der Waals surface area (Å²) in [5.41, 5.74) is 7.56. The molecule has 1 aliphatic carbocycles. The zero-order valence-corrected chi connectivity index (χ0v) is 11.2. The zero-order valence-electron chi connectivity index (χ0n) is 11.2. The first-order valence-corrected chi connectivity index (χ1v) is 6.80. The van der Waals surface area contributed by atoms with E-state index in [1.807, 2.05) is 12.1 Å². The minimum absolute atomic E-state index is 0.141. The Hall–Kier alpha value is -1.35. The quantitative estimate of drug-likeness (QED) is 0.633. The van der Waals surface area contributed by atoms with E-state index in [0.29, 0.717) is 0 Å². The summed E-state index contributed by atoms with van der Waals surface area (Å²) in [6.45, 7) is 0.989. The number of hydrogen-bond donors (Lipinski definition) is 2. The Kier molecular flexibility index (Phi) is 4.37. The summed E-state index contributed by atoms with van der Waals surface area (Å²) in [5.74, 6) is 0.141. The smallest absolute Gasteiger partial charge is 0.122 e. The molecule has 2 rings (SSSR count). The highest BCUT2D eigenvalue weighted by Crippen LogP contribution is 2.22. The molecular formula is C15H23N3. The van der Waals surface area contributed by atoms with Crippen molar-refractivity contribution in [2.24, 2.45) is 5.73 Å². The second-order valence-electron chi connectivity index (χ2n) is 5.32. The molecule has 3 heteroatoms. The minimum Gasteiger partial charge on any atom is -0.384 e. The summed E-state index contributed by atoms with van der Waals surface area (Å²) in [7, 11) is 2.22. The average Bonchev–Trinajstić information content (AvgIpc) is 2.40. The molecule has 0 spiro atoms. The van der Waals surface area contributed by atoms with Crippen molar-refractivity contribution in [2.75, 3.05) is 7.05 Å². The predicted molar refractivity (Wildman–Crippen MR) is 75.8 cm³/mol. The summed E-state index contributed by atoms with van der Waals surface area (Å²) < 4.78 is 0. The standard InChI is InChI=1S/C15H23N3/c1-18(14-5-3-2-4-6-14)11-12-7-9-13(10-8-12)15(16)17/h7-10,14H,2-6,11H2,1H3,(H3,16,17). The lowest BCUT2D eigenvalue weighted by molar-refractivity contribution is 0.184. The largest absolute Gasteiger partial charge is 0.384 e. The van der Waals surface area contributed by atoms with Crippen LogP contribution < -0.4 is 5.73 Å². The van der Waals surface area contributed by atoms with Crippen molar-refractivity contribution in [1.29, 1.82) is 5.41 Å². The monoisotopic (exact) mass is 245 g/mol. The highest BCUT2D eigenvalue weighted by molar-refractivity contribution is 5.94. The summed E-state index contributed by atoms with van der Waals surface area (Å²) in [6, 6.07) is 8.77. The van der Waals surface area contributed by atoms with Crippen molar-refractivity contribution >= 4 is 5.84 Å². The zero-order chi connectivity index (χ0) is 13.0. The number of nitrogens with two attached hydrogens (primary N) is 1. The van der Waals surface area contributed by atoms with Gasteiger partial charge in [0.05, 0.1) is 0 Å². The lowest BCUT2D eigenvalue weighted by Crippen LogP contribution is -2.32. The van der Waals surface area contributed by atoms with Crippen LogP contribution in [-0.4, -0.2) is 23.8 Å². The second kappa shape index (κ2) is 6.01. The Morgan fingerprint density at radius 2 is 1.83 bits per heavy atom. The van der Waals surface area contributed by atoms with Crippen LogP contribution in [0.15, 0.2) is 24.3 Å². The van der Waals surface area contributed by atoms with E-state index in [1.54, 1.807) is 0 Å². The van der Waals surface area contributed by atoms with Crippen LogP contribution in [0.25, 0.3) is 0 Å². The Morgan fingerprint density at radius 1 is 1.22 bits per heavy atom. The second-order valence-corrected chi connectivity index (χ2v) is 5.32. The average molecular weight is 245 g/mol. The highest BCUT2D eigenvalue weighted by atomic mass is 15.1. The SMILES string of the molecule is CN(Cc1ccc(C(=N)N)cc1)C1CCCCC1. The van der Waals surface area contributed by atoms with E-state index in [9.17, 15) is 0 Å². The molecule has 0 aliphatic heterocycles. The molecule has 1 aromatic rings. The van der Waals surface area contributed by atoms with Gasteiger partial charge in [-0.25, -0.2) is 0 Å². The number of rotatable bonds is 4. The molecule has 18 heavy (non-hydrogen) atoms. The molecule has 0 heterocycles. The van der Waals surface area contributed by atoms with Gasteiger partial charge in [0.25, 0.3) is 0 Å². The number of nitrogens with zero attached hydrogens (tertiary/aromatic N) is 1. The molecule has 1 saturated carbocycles. The van der Waals surface area contributed by atoms with Gasteiger partial charge in [0.2, 0.25) is 0 Å². The van der Waals surface area contributed by atoms with Crippen LogP contribution in [0.3, 0.4) is 0 Å². The van der Waals surface area contributed by atoms with Gasteiger partial charge in [0, 0.05) is 18.2 Å². The molecule has 0 aromatic heterocycles. The first-order valence-electron chi connectivity index (χ1n) is 6.80. The molecule has 0 saturated heterocycles. The fourth-order valence-corrected chi connectivity index (χ4v) is 2.73. The normalized spacial score (nSPS) is 17.0. The van der Waals surface area contributed by atoms with Gasteiger partial charge in [-0.05, 0) is 25.5 Å². The lowest BCUT2D eigenvalue weighted by atomic mass is 9.94. The van der Waals surface area contributed by atoms with Gasteiger partial charge in [0.15, 0.2) is 0 Å². The van der Waals surface area contributed by atoms with Crippen molar-refractivity contribution in [3.8, 4) is 0 Å². The van der Waals surface area contributed by atoms with Crippen molar-refractivity contribution in [3.63, 3.8) is 0 Å². The van der Waals surface area contributed by atoms with E-state index in [0.717, 1.165) is 18.2 Å². The van der Waals surface area contributed by atoms with Crippen LogP contribution in [0.2, 0.25) is 0 Å². The third-order valence-corrected chi connectivity index (χ3v) is 3.89. The van der Waals surface area contributed by atoms with Crippen molar-refractivity contribution in [2.45, 2.75) is 44.7 Å². The van der Waals surface area contributed by atoms with E-state index >= 15 is 0 Å². The number of nitrogen functional groups attached to an aromatic ring is 1. The van der Waals surface area contributed by atoms with Gasteiger partial charge in [-0.15, -0.1) is 0 Å². The van der Waals surface area contributed by atoms with E-state index in [2.05, 4.69) is 24.1 Å². The number of hydrogen-bond acceptors (Lipinski definition) is 2. The molecule has 1 aromatic carbocycles. The molecule has 0 bridgehead atoms. The van der Waals surface area contributed by atoms with E-state index in [4.69, 9.17) is 11.1 Å². The summed E-state index contributed by atoms with van der Waals surface area (Å²) >= 11 is 0. The van der Waals surface area contributed by atoms with E-state index < -0.39 is 0 Å². The Bertz CT molecular complexity index is 391. The van der Waals surface area contributed by atoms with Gasteiger partial charge < -0.3 is 5.73 Å². The molecule has 0 unspecified atom stereocenters. The van der Waals surface area contributed by atoms with Crippen molar-refractivity contribution < 1.29 is 0 Å². The van der Waals surface area contributed by atoms with Gasteiger partial charge >= 0.3 is 0 Å². The molecule has 0 atom stereocenters. The Labute approximate surface area is 109 Å². The van der Waals surface area contributed by atoms with Gasteiger partial charge in [-0.1, -0.05) is 43.5 Å². The Balaban J connectivity index is 1.93. The van der Waals surface area contributed by atoms with E-state index in [-0.39, 0.29) is 5.84 Å². The molecule has 0 radical (unpaired) electrons. The third kappa shape index (κ3) is 3.33. The maximum atomic E-state index is 7.38. The fourth-order valence-electron chi connectivity index (χ4n) is 2.73. The predicted octanol–water partition coefficient (Wildman–Crippen LogP) is 2.74. The molecule has 3 nitrogen and oxygen atoms in total. The molecular weight excluding hydrogens is 222 g/mol. The number of amidine groups is 1. The van der Waals surface area contributed by atoms with Gasteiger partial charge in [-0.2, -0.15) is 0 Å². The molecule has 1 fully saturated rings. The minimum atomic E-state index is 0.141. The summed E-state index contributed by atoms with van der Waals surface area (Å²) in [4.78, 5) is 2.46. The topological polar surface area (TPSA) is 53.1 Å². The maximum absolute atomic E-state index is 7.38. The Morgan fingerprint density at radius 3 is 2.39 bits per heavy atom. The lowest BCUT2D eigenvalue weighted by Gasteiger charge is -2.31. The number of benzene rings is 1. The van der Waals surface area contributed by atoms with Gasteiger partial charge in [0.1, 0.15) is 5.84 Å². The first-order chi connectivity index (χ1) is 8.66. The van der Waals surface area contributed by atoms with E-state index in [1.165, 1.54) is 37.7 Å². The molecule has 3 N–H and O–H groups in total. The maximum Gasteiger partial charge on any atom is 0.122 e. The van der Waals surface area contributed by atoms with Crippen molar-refractivity contribution in [1.82, 2.24) is 4.90 Å². The van der Waals surface area contributed by atoms with Gasteiger partial charge in [-0.3, -0.25) is 10.3 Å². The highest BCUT2D eigenvalue weighted by Gasteiger charge is 2.17. The summed E-state index contributed by atoms with van der Waals surface area (Å²) in [5, 5.41) is 7.38. The van der Waals surface area contributed by atoms with Crippen molar-refractivity contribution in [3.05, 3.63) is 35.4 Å². The first kappa shape index (κ1) is 13.1. The molecule has 98 valence electrons. The van der Waals surface area contributed by atoms with Crippen LogP contribution in [0.5, 0.6) is 0 Å². The summed E-state index contributed by atoms with van der Waals surface area (Å²) in [6.07, 6.45) is 6.82. The van der Waals surface area contributed by atoms with Crippen LogP contribution in [-0.2, 0) is 6.54 Å². The van der Waals surface area contributed by atoms with Crippen LogP contribution in [0, 0.1) is 5.41 Å². The fraction of sp³-hybridized carbons (Fsp3) is 0.533. The molecule has 0 amide bonds. The molecule has 1 aliphatic rings. The van der Waals surface area contributed by atoms with Crippen LogP contribution >= 0.6 is 0 Å². The third-order valence-electron chi connectivity index (χ3n) is 3.89. The van der Waals surface area contributed by atoms with Crippen LogP contribution in [0.4, 0.5) is 0 Å².